The second-order valence-corrected chi connectivity index (χ2v) is 7.46. The molecule has 0 bridgehead atoms. The Morgan fingerprint density at radius 1 is 1.36 bits per heavy atom. The molecule has 1 aliphatic heterocycles. The van der Waals surface area contributed by atoms with Gasteiger partial charge in [-0.15, -0.1) is 0 Å². The summed E-state index contributed by atoms with van der Waals surface area (Å²) in [6.07, 6.45) is 6.47. The summed E-state index contributed by atoms with van der Waals surface area (Å²) in [4.78, 5) is 14.9. The SMILES string of the molecule is C[C@H]1CN(CC2CCC2)C[C@@H]1NC(=O)c1cc(C2CC2)on1. The van der Waals surface area contributed by atoms with E-state index in [1.807, 2.05) is 6.07 Å². The van der Waals surface area contributed by atoms with Crippen molar-refractivity contribution in [2.45, 2.75) is 51.0 Å². The maximum Gasteiger partial charge on any atom is 0.273 e. The first-order valence-corrected chi connectivity index (χ1v) is 8.69. The molecule has 0 unspecified atom stereocenters. The second kappa shape index (κ2) is 5.69. The highest BCUT2D eigenvalue weighted by Gasteiger charge is 2.34. The molecule has 1 aromatic heterocycles. The number of hydrogen-bond donors (Lipinski definition) is 1. The molecule has 3 fully saturated rings. The van der Waals surface area contributed by atoms with Gasteiger partial charge in [0.1, 0.15) is 5.76 Å². The average Bonchev–Trinajstić information content (AvgIpc) is 3.08. The van der Waals surface area contributed by atoms with Crippen molar-refractivity contribution in [2.75, 3.05) is 19.6 Å². The Kier molecular flexibility index (Phi) is 3.68. The fraction of sp³-hybridized carbons (Fsp3) is 0.765. The van der Waals surface area contributed by atoms with E-state index in [0.717, 1.165) is 37.6 Å². The van der Waals surface area contributed by atoms with Crippen LogP contribution in [-0.2, 0) is 0 Å². The summed E-state index contributed by atoms with van der Waals surface area (Å²) in [5, 5.41) is 7.09. The number of hydrogen-bond acceptors (Lipinski definition) is 4. The summed E-state index contributed by atoms with van der Waals surface area (Å²) < 4.78 is 5.28. The van der Waals surface area contributed by atoms with Gasteiger partial charge in [-0.3, -0.25) is 4.79 Å². The van der Waals surface area contributed by atoms with Crippen molar-refractivity contribution >= 4 is 5.91 Å². The summed E-state index contributed by atoms with van der Waals surface area (Å²) in [5.41, 5.74) is 0.437. The number of carbonyl (C=O) groups excluding carboxylic acids is 1. The molecule has 0 radical (unpaired) electrons. The highest BCUT2D eigenvalue weighted by molar-refractivity contribution is 5.92. The average molecular weight is 303 g/mol. The standard InChI is InChI=1S/C17H25N3O2/c1-11-8-20(9-12-3-2-4-12)10-15(11)18-17(21)14-7-16(22-19-14)13-5-6-13/h7,11-13,15H,2-6,8-10H2,1H3,(H,18,21)/t11-,15-/m0/s1. The third-order valence-corrected chi connectivity index (χ3v) is 5.49. The molecule has 1 N–H and O–H groups in total. The molecule has 2 atom stereocenters. The van der Waals surface area contributed by atoms with Gasteiger partial charge in [0.2, 0.25) is 0 Å². The van der Waals surface area contributed by atoms with Crippen LogP contribution in [0.2, 0.25) is 0 Å². The molecule has 0 spiro atoms. The van der Waals surface area contributed by atoms with E-state index < -0.39 is 0 Å². The number of rotatable bonds is 5. The first kappa shape index (κ1) is 14.2. The van der Waals surface area contributed by atoms with Gasteiger partial charge in [-0.25, -0.2) is 0 Å². The van der Waals surface area contributed by atoms with E-state index in [9.17, 15) is 4.79 Å². The van der Waals surface area contributed by atoms with E-state index in [-0.39, 0.29) is 11.9 Å². The topological polar surface area (TPSA) is 58.4 Å². The lowest BCUT2D eigenvalue weighted by atomic mass is 9.85. The van der Waals surface area contributed by atoms with E-state index in [1.165, 1.54) is 25.8 Å². The number of amides is 1. The third kappa shape index (κ3) is 2.91. The number of aromatic nitrogens is 1. The minimum Gasteiger partial charge on any atom is -0.360 e. The fourth-order valence-electron chi connectivity index (χ4n) is 3.64. The smallest absolute Gasteiger partial charge is 0.273 e. The Morgan fingerprint density at radius 3 is 2.86 bits per heavy atom. The largest absolute Gasteiger partial charge is 0.360 e. The van der Waals surface area contributed by atoms with Crippen molar-refractivity contribution in [3.8, 4) is 0 Å². The minimum absolute atomic E-state index is 0.0852. The fourth-order valence-corrected chi connectivity index (χ4v) is 3.64. The van der Waals surface area contributed by atoms with Crippen LogP contribution in [0.25, 0.3) is 0 Å². The van der Waals surface area contributed by atoms with Gasteiger partial charge >= 0.3 is 0 Å². The van der Waals surface area contributed by atoms with Gasteiger partial charge in [0.05, 0.1) is 0 Å². The van der Waals surface area contributed by atoms with Crippen LogP contribution in [-0.4, -0.2) is 41.6 Å². The molecular formula is C17H25N3O2. The Morgan fingerprint density at radius 2 is 2.18 bits per heavy atom. The van der Waals surface area contributed by atoms with Crippen LogP contribution in [0.5, 0.6) is 0 Å². The molecule has 2 aliphatic carbocycles. The van der Waals surface area contributed by atoms with Crippen LogP contribution in [0, 0.1) is 11.8 Å². The van der Waals surface area contributed by atoms with Crippen LogP contribution in [0.1, 0.15) is 61.2 Å². The van der Waals surface area contributed by atoms with Gasteiger partial charge in [-0.2, -0.15) is 0 Å². The van der Waals surface area contributed by atoms with E-state index in [1.54, 1.807) is 0 Å². The zero-order chi connectivity index (χ0) is 15.1. The van der Waals surface area contributed by atoms with Crippen LogP contribution >= 0.6 is 0 Å². The molecule has 2 saturated carbocycles. The van der Waals surface area contributed by atoms with Crippen molar-refractivity contribution in [3.63, 3.8) is 0 Å². The predicted octanol–water partition coefficient (Wildman–Crippen LogP) is 2.40. The van der Waals surface area contributed by atoms with Crippen molar-refractivity contribution in [1.82, 2.24) is 15.4 Å². The van der Waals surface area contributed by atoms with Crippen molar-refractivity contribution in [3.05, 3.63) is 17.5 Å². The van der Waals surface area contributed by atoms with Gasteiger partial charge in [-0.1, -0.05) is 18.5 Å². The molecule has 4 rings (SSSR count). The molecule has 3 aliphatic rings. The van der Waals surface area contributed by atoms with E-state index in [0.29, 0.717) is 17.5 Å². The second-order valence-electron chi connectivity index (χ2n) is 7.46. The Bertz CT molecular complexity index is 548. The molecule has 1 saturated heterocycles. The Hall–Kier alpha value is -1.36. The molecule has 5 heteroatoms. The van der Waals surface area contributed by atoms with Crippen LogP contribution < -0.4 is 5.32 Å². The van der Waals surface area contributed by atoms with E-state index >= 15 is 0 Å². The maximum atomic E-state index is 12.3. The van der Waals surface area contributed by atoms with E-state index in [4.69, 9.17) is 4.52 Å². The highest BCUT2D eigenvalue weighted by atomic mass is 16.5. The summed E-state index contributed by atoms with van der Waals surface area (Å²) in [7, 11) is 0. The molecule has 5 nitrogen and oxygen atoms in total. The van der Waals surface area contributed by atoms with Crippen LogP contribution in [0.4, 0.5) is 0 Å². The summed E-state index contributed by atoms with van der Waals surface area (Å²) >= 11 is 0. The summed E-state index contributed by atoms with van der Waals surface area (Å²) in [6.45, 7) is 5.49. The van der Waals surface area contributed by atoms with Gasteiger partial charge in [0.25, 0.3) is 5.91 Å². The van der Waals surface area contributed by atoms with Crippen LogP contribution in [0.3, 0.4) is 0 Å². The molecule has 1 amide bonds. The molecule has 120 valence electrons. The number of carbonyl (C=O) groups is 1. The molecule has 2 heterocycles. The minimum atomic E-state index is -0.0852. The number of nitrogens with one attached hydrogen (secondary N) is 1. The monoisotopic (exact) mass is 303 g/mol. The lowest BCUT2D eigenvalue weighted by Gasteiger charge is -2.30. The number of likely N-dealkylation sites (tertiary alicyclic amines) is 1. The first-order chi connectivity index (χ1) is 10.7. The summed E-state index contributed by atoms with van der Waals surface area (Å²) in [6, 6.07) is 2.05. The molecule has 0 aromatic carbocycles. The Balaban J connectivity index is 1.32. The van der Waals surface area contributed by atoms with Gasteiger partial charge in [0, 0.05) is 37.7 Å². The number of nitrogens with zero attached hydrogens (tertiary/aromatic N) is 2. The first-order valence-electron chi connectivity index (χ1n) is 8.69. The van der Waals surface area contributed by atoms with E-state index in [2.05, 4.69) is 22.3 Å². The van der Waals surface area contributed by atoms with Crippen molar-refractivity contribution in [2.24, 2.45) is 11.8 Å². The molecule has 1 aromatic rings. The lowest BCUT2D eigenvalue weighted by Crippen LogP contribution is -2.40. The van der Waals surface area contributed by atoms with Crippen molar-refractivity contribution < 1.29 is 9.32 Å². The summed E-state index contributed by atoms with van der Waals surface area (Å²) in [5.74, 6) is 2.67. The van der Waals surface area contributed by atoms with Crippen LogP contribution in [0.15, 0.2) is 10.6 Å². The highest BCUT2D eigenvalue weighted by Crippen LogP contribution is 2.40. The maximum absolute atomic E-state index is 12.3. The normalized spacial score (nSPS) is 29.5. The zero-order valence-corrected chi connectivity index (χ0v) is 13.3. The quantitative estimate of drug-likeness (QED) is 0.907. The molecule has 22 heavy (non-hydrogen) atoms. The Labute approximate surface area is 131 Å². The molecular weight excluding hydrogens is 278 g/mol. The van der Waals surface area contributed by atoms with Gasteiger partial charge in [-0.05, 0) is 37.5 Å². The predicted molar refractivity (Wildman–Crippen MR) is 82.7 cm³/mol. The van der Waals surface area contributed by atoms with Gasteiger partial charge in [0.15, 0.2) is 5.69 Å². The zero-order valence-electron chi connectivity index (χ0n) is 13.3. The third-order valence-electron chi connectivity index (χ3n) is 5.49. The van der Waals surface area contributed by atoms with Gasteiger partial charge < -0.3 is 14.7 Å². The van der Waals surface area contributed by atoms with Crippen molar-refractivity contribution in [1.29, 1.82) is 0 Å². The lowest BCUT2D eigenvalue weighted by molar-refractivity contribution is 0.0921.